The average molecular weight is 431 g/mol. The van der Waals surface area contributed by atoms with Crippen molar-refractivity contribution in [3.05, 3.63) is 71.5 Å². The summed E-state index contributed by atoms with van der Waals surface area (Å²) >= 11 is 0. The third-order valence-corrected chi connectivity index (χ3v) is 5.65. The second kappa shape index (κ2) is 9.15. The number of primary amides is 1. The maximum atomic E-state index is 13.2. The molecule has 8 nitrogen and oxygen atoms in total. The Hall–Kier alpha value is -3.78. The molecule has 0 aliphatic carbocycles. The van der Waals surface area contributed by atoms with E-state index in [1.54, 1.807) is 24.3 Å². The number of rotatable bonds is 6. The minimum atomic E-state index is -0.541. The molecule has 8 heteroatoms. The van der Waals surface area contributed by atoms with Crippen molar-refractivity contribution >= 4 is 23.2 Å². The van der Waals surface area contributed by atoms with Gasteiger partial charge in [-0.3, -0.25) is 9.59 Å². The number of nitrogens with zero attached hydrogens (tertiary/aromatic N) is 3. The quantitative estimate of drug-likeness (QED) is 0.509. The summed E-state index contributed by atoms with van der Waals surface area (Å²) in [5.74, 6) is -0.695. The van der Waals surface area contributed by atoms with Gasteiger partial charge in [0, 0.05) is 42.4 Å². The van der Waals surface area contributed by atoms with Crippen LogP contribution in [0.4, 0.5) is 11.5 Å². The number of amides is 1. The molecule has 3 aromatic rings. The Morgan fingerprint density at radius 1 is 1.12 bits per heavy atom. The summed E-state index contributed by atoms with van der Waals surface area (Å²) in [5, 5.41) is 0. The van der Waals surface area contributed by atoms with E-state index in [1.807, 2.05) is 24.3 Å². The van der Waals surface area contributed by atoms with Crippen LogP contribution < -0.4 is 22.1 Å². The molecule has 1 atom stereocenters. The van der Waals surface area contributed by atoms with E-state index in [2.05, 4.69) is 14.9 Å². The highest BCUT2D eigenvalue weighted by Gasteiger charge is 2.22. The maximum Gasteiger partial charge on any atom is 0.248 e. The molecule has 32 heavy (non-hydrogen) atoms. The van der Waals surface area contributed by atoms with Crippen LogP contribution in [0.2, 0.25) is 0 Å². The van der Waals surface area contributed by atoms with Crippen LogP contribution in [0, 0.1) is 0 Å². The standard InChI is InChI=1S/C24H26N6O2/c25-18-8-4-10-30(14-18)20-9-2-1-5-16(20)12-21(31)22-23(26)28-13-19(29-22)15-6-3-7-17(11-15)24(27)32/h1-3,5-7,9,11,13,18H,4,8,10,12,14,25H2,(H2,26,28)(H2,27,32). The van der Waals surface area contributed by atoms with Crippen molar-refractivity contribution in [3.8, 4) is 11.3 Å². The maximum absolute atomic E-state index is 13.2. The number of anilines is 2. The molecule has 1 unspecified atom stereocenters. The monoisotopic (exact) mass is 430 g/mol. The normalized spacial score (nSPS) is 16.0. The second-order valence-electron chi connectivity index (χ2n) is 8.01. The Balaban J connectivity index is 1.62. The van der Waals surface area contributed by atoms with Gasteiger partial charge >= 0.3 is 0 Å². The Labute approximate surface area is 186 Å². The Morgan fingerprint density at radius 2 is 1.94 bits per heavy atom. The zero-order chi connectivity index (χ0) is 22.7. The first-order valence-corrected chi connectivity index (χ1v) is 10.6. The van der Waals surface area contributed by atoms with E-state index in [4.69, 9.17) is 17.2 Å². The molecule has 1 fully saturated rings. The van der Waals surface area contributed by atoms with Crippen molar-refractivity contribution in [3.63, 3.8) is 0 Å². The molecule has 1 saturated heterocycles. The topological polar surface area (TPSA) is 141 Å². The predicted octanol–water partition coefficient (Wildman–Crippen LogP) is 2.18. The molecule has 0 bridgehead atoms. The lowest BCUT2D eigenvalue weighted by atomic mass is 10.0. The summed E-state index contributed by atoms with van der Waals surface area (Å²) in [6, 6.07) is 14.7. The number of Topliss-reactive ketones (excluding diaryl/α,β-unsaturated/α-hetero) is 1. The van der Waals surface area contributed by atoms with Gasteiger partial charge in [0.2, 0.25) is 5.91 Å². The van der Waals surface area contributed by atoms with Gasteiger partial charge in [0.25, 0.3) is 0 Å². The van der Waals surface area contributed by atoms with Gasteiger partial charge < -0.3 is 22.1 Å². The molecular weight excluding hydrogens is 404 g/mol. The second-order valence-corrected chi connectivity index (χ2v) is 8.01. The summed E-state index contributed by atoms with van der Waals surface area (Å²) in [4.78, 5) is 35.6. The van der Waals surface area contributed by atoms with Crippen LogP contribution in [0.5, 0.6) is 0 Å². The molecule has 6 N–H and O–H groups in total. The molecule has 2 aromatic carbocycles. The van der Waals surface area contributed by atoms with E-state index < -0.39 is 5.91 Å². The van der Waals surface area contributed by atoms with E-state index in [1.165, 1.54) is 6.20 Å². The SMILES string of the molecule is NC(=O)c1cccc(-c2cnc(N)c(C(=O)Cc3ccccc3N3CCCC(N)C3)n2)c1. The van der Waals surface area contributed by atoms with Crippen molar-refractivity contribution in [2.75, 3.05) is 23.7 Å². The van der Waals surface area contributed by atoms with Crippen molar-refractivity contribution in [2.24, 2.45) is 11.5 Å². The molecule has 1 aliphatic rings. The highest BCUT2D eigenvalue weighted by Crippen LogP contribution is 2.26. The first-order chi connectivity index (χ1) is 15.4. The number of carbonyl (C=O) groups excluding carboxylic acids is 2. The molecule has 1 aromatic heterocycles. The van der Waals surface area contributed by atoms with Gasteiger partial charge in [0.15, 0.2) is 11.6 Å². The largest absolute Gasteiger partial charge is 0.382 e. The summed E-state index contributed by atoms with van der Waals surface area (Å²) < 4.78 is 0. The van der Waals surface area contributed by atoms with Crippen molar-refractivity contribution in [1.29, 1.82) is 0 Å². The van der Waals surface area contributed by atoms with E-state index in [0.29, 0.717) is 16.8 Å². The van der Waals surface area contributed by atoms with E-state index in [-0.39, 0.29) is 29.8 Å². The summed E-state index contributed by atoms with van der Waals surface area (Å²) in [6.45, 7) is 1.67. The Morgan fingerprint density at radius 3 is 2.72 bits per heavy atom. The predicted molar refractivity (Wildman–Crippen MR) is 124 cm³/mol. The first kappa shape index (κ1) is 21.5. The number of para-hydroxylation sites is 1. The minimum absolute atomic E-state index is 0.0716. The minimum Gasteiger partial charge on any atom is -0.382 e. The molecular formula is C24H26N6O2. The Kier molecular flexibility index (Phi) is 6.13. The fourth-order valence-electron chi connectivity index (χ4n) is 4.03. The lowest BCUT2D eigenvalue weighted by Crippen LogP contribution is -2.43. The van der Waals surface area contributed by atoms with E-state index in [0.717, 1.165) is 37.2 Å². The first-order valence-electron chi connectivity index (χ1n) is 10.6. The van der Waals surface area contributed by atoms with Gasteiger partial charge in [-0.1, -0.05) is 30.3 Å². The van der Waals surface area contributed by atoms with Crippen LogP contribution in [0.1, 0.15) is 39.3 Å². The van der Waals surface area contributed by atoms with Crippen molar-refractivity contribution in [2.45, 2.75) is 25.3 Å². The zero-order valence-corrected chi connectivity index (χ0v) is 17.7. The lowest BCUT2D eigenvalue weighted by Gasteiger charge is -2.34. The molecule has 4 rings (SSSR count). The summed E-state index contributed by atoms with van der Waals surface area (Å²) in [5.41, 5.74) is 21.0. The van der Waals surface area contributed by atoms with Crippen LogP contribution in [-0.4, -0.2) is 40.8 Å². The van der Waals surface area contributed by atoms with E-state index >= 15 is 0 Å². The number of ketones is 1. The number of aromatic nitrogens is 2. The lowest BCUT2D eigenvalue weighted by molar-refractivity contribution is 0.0984. The van der Waals surface area contributed by atoms with Gasteiger partial charge in [-0.2, -0.15) is 0 Å². The molecule has 0 spiro atoms. The molecule has 1 aliphatic heterocycles. The number of hydrogen-bond donors (Lipinski definition) is 3. The van der Waals surface area contributed by atoms with Crippen LogP contribution in [0.25, 0.3) is 11.3 Å². The number of piperidine rings is 1. The van der Waals surface area contributed by atoms with Gasteiger partial charge in [-0.15, -0.1) is 0 Å². The number of nitrogens with two attached hydrogens (primary N) is 3. The molecule has 2 heterocycles. The fourth-order valence-corrected chi connectivity index (χ4v) is 4.03. The zero-order valence-electron chi connectivity index (χ0n) is 17.7. The molecule has 164 valence electrons. The number of nitrogen functional groups attached to an aromatic ring is 1. The number of carbonyl (C=O) groups is 2. The summed E-state index contributed by atoms with van der Waals surface area (Å²) in [7, 11) is 0. The van der Waals surface area contributed by atoms with Gasteiger partial charge in [-0.05, 0) is 36.6 Å². The fraction of sp³-hybridized carbons (Fsp3) is 0.250. The van der Waals surface area contributed by atoms with Crippen LogP contribution in [-0.2, 0) is 6.42 Å². The third-order valence-electron chi connectivity index (χ3n) is 5.65. The molecule has 0 radical (unpaired) electrons. The highest BCUT2D eigenvalue weighted by atomic mass is 16.1. The number of hydrogen-bond acceptors (Lipinski definition) is 7. The average Bonchev–Trinajstić information content (AvgIpc) is 2.79. The highest BCUT2D eigenvalue weighted by molar-refractivity contribution is 6.00. The van der Waals surface area contributed by atoms with Crippen molar-refractivity contribution in [1.82, 2.24) is 9.97 Å². The van der Waals surface area contributed by atoms with Crippen LogP contribution in [0.3, 0.4) is 0 Å². The smallest absolute Gasteiger partial charge is 0.248 e. The Bertz CT molecular complexity index is 1160. The van der Waals surface area contributed by atoms with Gasteiger partial charge in [0.1, 0.15) is 5.69 Å². The van der Waals surface area contributed by atoms with E-state index in [9.17, 15) is 9.59 Å². The third kappa shape index (κ3) is 4.60. The molecule has 0 saturated carbocycles. The number of benzene rings is 2. The van der Waals surface area contributed by atoms with Crippen LogP contribution in [0.15, 0.2) is 54.7 Å². The molecule has 1 amide bonds. The van der Waals surface area contributed by atoms with Crippen LogP contribution >= 0.6 is 0 Å². The van der Waals surface area contributed by atoms with Gasteiger partial charge in [-0.25, -0.2) is 9.97 Å². The summed E-state index contributed by atoms with van der Waals surface area (Å²) in [6.07, 6.45) is 3.66. The van der Waals surface area contributed by atoms with Gasteiger partial charge in [0.05, 0.1) is 11.9 Å². The van der Waals surface area contributed by atoms with Crippen molar-refractivity contribution < 1.29 is 9.59 Å².